The fourth-order valence-electron chi connectivity index (χ4n) is 2.59. The van der Waals surface area contributed by atoms with E-state index in [0.29, 0.717) is 5.11 Å². The van der Waals surface area contributed by atoms with Gasteiger partial charge in [-0.25, -0.2) is 0 Å². The minimum Gasteiger partial charge on any atom is -0.376 e. The van der Waals surface area contributed by atoms with Crippen LogP contribution in [0.1, 0.15) is 32.8 Å². The van der Waals surface area contributed by atoms with E-state index in [0.717, 1.165) is 32.5 Å². The highest BCUT2D eigenvalue weighted by molar-refractivity contribution is 7.80. The van der Waals surface area contributed by atoms with Crippen molar-refractivity contribution in [1.29, 1.82) is 0 Å². The summed E-state index contributed by atoms with van der Waals surface area (Å²) in [4.78, 5) is 2.41. The van der Waals surface area contributed by atoms with E-state index in [1.54, 1.807) is 0 Å². The fraction of sp³-hybridized carbons (Fsp3) is 0.562. The lowest BCUT2D eigenvalue weighted by atomic mass is 9.87. The van der Waals surface area contributed by atoms with Gasteiger partial charge in [0.2, 0.25) is 0 Å². The van der Waals surface area contributed by atoms with Gasteiger partial charge in [0.25, 0.3) is 0 Å². The van der Waals surface area contributed by atoms with Crippen LogP contribution >= 0.6 is 12.2 Å². The quantitative estimate of drug-likeness (QED) is 0.723. The van der Waals surface area contributed by atoms with Crippen LogP contribution in [0.15, 0.2) is 30.3 Å². The van der Waals surface area contributed by atoms with Gasteiger partial charge in [-0.2, -0.15) is 0 Å². The van der Waals surface area contributed by atoms with Gasteiger partial charge < -0.3 is 16.0 Å². The Balaban J connectivity index is 2.94. The highest BCUT2D eigenvalue weighted by Crippen LogP contribution is 2.19. The minimum absolute atomic E-state index is 0.0980. The van der Waals surface area contributed by atoms with Crippen LogP contribution in [0.2, 0.25) is 0 Å². The summed E-state index contributed by atoms with van der Waals surface area (Å²) in [5.74, 6) is 0. The Bertz CT molecular complexity index is 403. The van der Waals surface area contributed by atoms with E-state index in [1.165, 1.54) is 5.56 Å². The van der Waals surface area contributed by atoms with Crippen LogP contribution in [0.4, 0.5) is 0 Å². The third kappa shape index (κ3) is 5.10. The van der Waals surface area contributed by atoms with Crippen LogP contribution in [0.3, 0.4) is 0 Å². The number of nitrogens with one attached hydrogen (secondary N) is 1. The first kappa shape index (κ1) is 16.9. The number of benzene rings is 1. The van der Waals surface area contributed by atoms with Crippen molar-refractivity contribution in [3.63, 3.8) is 0 Å². The van der Waals surface area contributed by atoms with Crippen LogP contribution in [-0.4, -0.2) is 35.2 Å². The Hall–Kier alpha value is -1.13. The lowest BCUT2D eigenvalue weighted by Crippen LogP contribution is -2.58. The Morgan fingerprint density at radius 1 is 1.20 bits per heavy atom. The van der Waals surface area contributed by atoms with Crippen molar-refractivity contribution in [2.75, 3.05) is 19.6 Å². The van der Waals surface area contributed by atoms with Crippen LogP contribution in [0, 0.1) is 0 Å². The average molecular weight is 293 g/mol. The molecule has 1 aromatic rings. The molecule has 0 heterocycles. The van der Waals surface area contributed by atoms with E-state index in [9.17, 15) is 0 Å². The summed E-state index contributed by atoms with van der Waals surface area (Å²) in [5.41, 5.74) is 6.98. The molecule has 0 aromatic heterocycles. The molecule has 0 saturated heterocycles. The van der Waals surface area contributed by atoms with Crippen LogP contribution in [0.25, 0.3) is 0 Å². The Morgan fingerprint density at radius 3 is 2.25 bits per heavy atom. The lowest BCUT2D eigenvalue weighted by molar-refractivity contribution is 0.203. The second kappa shape index (κ2) is 8.22. The lowest BCUT2D eigenvalue weighted by Gasteiger charge is -2.38. The summed E-state index contributed by atoms with van der Waals surface area (Å²) in [6, 6.07) is 10.5. The van der Waals surface area contributed by atoms with Crippen LogP contribution in [0.5, 0.6) is 0 Å². The molecule has 0 bridgehead atoms. The number of likely N-dealkylation sites (N-methyl/N-ethyl adjacent to an activating group) is 1. The molecule has 0 amide bonds. The maximum Gasteiger partial charge on any atom is 0.164 e. The Kier molecular flexibility index (Phi) is 6.96. The van der Waals surface area contributed by atoms with Crippen LogP contribution in [-0.2, 0) is 6.42 Å². The summed E-state index contributed by atoms with van der Waals surface area (Å²) in [6.07, 6.45) is 1.91. The zero-order chi connectivity index (χ0) is 15.0. The van der Waals surface area contributed by atoms with E-state index in [-0.39, 0.29) is 5.54 Å². The summed E-state index contributed by atoms with van der Waals surface area (Å²) in [7, 11) is 0. The molecule has 0 saturated carbocycles. The first-order valence-electron chi connectivity index (χ1n) is 7.39. The standard InChI is InChI=1S/C16H27N3S/c1-4-16(18-15(17)20,13-19(5-2)6-3)12-14-10-8-7-9-11-14/h7-11H,4-6,12-13H2,1-3H3,(H3,17,18,20). The second-order valence-corrected chi connectivity index (χ2v) is 5.69. The highest BCUT2D eigenvalue weighted by atomic mass is 32.1. The molecule has 0 radical (unpaired) electrons. The number of nitrogens with two attached hydrogens (primary N) is 1. The third-order valence-electron chi connectivity index (χ3n) is 3.87. The van der Waals surface area contributed by atoms with E-state index < -0.39 is 0 Å². The molecule has 3 nitrogen and oxygen atoms in total. The first-order valence-corrected chi connectivity index (χ1v) is 7.80. The van der Waals surface area contributed by atoms with Crippen molar-refractivity contribution in [2.24, 2.45) is 5.73 Å². The number of hydrogen-bond acceptors (Lipinski definition) is 2. The van der Waals surface area contributed by atoms with E-state index in [1.807, 2.05) is 6.07 Å². The van der Waals surface area contributed by atoms with Gasteiger partial charge in [-0.1, -0.05) is 51.1 Å². The predicted molar refractivity (Wildman–Crippen MR) is 90.9 cm³/mol. The van der Waals surface area contributed by atoms with Crippen molar-refractivity contribution < 1.29 is 0 Å². The maximum absolute atomic E-state index is 5.77. The van der Waals surface area contributed by atoms with Crippen molar-refractivity contribution in [1.82, 2.24) is 10.2 Å². The second-order valence-electron chi connectivity index (χ2n) is 5.25. The molecular weight excluding hydrogens is 266 g/mol. The average Bonchev–Trinajstić information content (AvgIpc) is 2.45. The van der Waals surface area contributed by atoms with Gasteiger partial charge in [0.15, 0.2) is 5.11 Å². The summed E-state index contributed by atoms with van der Waals surface area (Å²) < 4.78 is 0. The highest BCUT2D eigenvalue weighted by Gasteiger charge is 2.30. The summed E-state index contributed by atoms with van der Waals surface area (Å²) >= 11 is 5.10. The molecule has 112 valence electrons. The van der Waals surface area contributed by atoms with E-state index in [4.69, 9.17) is 18.0 Å². The van der Waals surface area contributed by atoms with Gasteiger partial charge in [-0.3, -0.25) is 0 Å². The molecule has 0 aliphatic carbocycles. The zero-order valence-corrected chi connectivity index (χ0v) is 13.7. The van der Waals surface area contributed by atoms with E-state index >= 15 is 0 Å². The maximum atomic E-state index is 5.77. The smallest absolute Gasteiger partial charge is 0.164 e. The van der Waals surface area contributed by atoms with Crippen molar-refractivity contribution in [3.05, 3.63) is 35.9 Å². The minimum atomic E-state index is -0.0980. The van der Waals surface area contributed by atoms with Gasteiger partial charge in [-0.15, -0.1) is 0 Å². The van der Waals surface area contributed by atoms with Gasteiger partial charge >= 0.3 is 0 Å². The molecule has 1 unspecified atom stereocenters. The third-order valence-corrected chi connectivity index (χ3v) is 3.97. The first-order chi connectivity index (χ1) is 9.55. The Morgan fingerprint density at radius 2 is 1.80 bits per heavy atom. The number of rotatable bonds is 8. The van der Waals surface area contributed by atoms with Crippen molar-refractivity contribution in [2.45, 2.75) is 39.2 Å². The molecular formula is C16H27N3S. The van der Waals surface area contributed by atoms with Gasteiger partial charge in [0.05, 0.1) is 5.54 Å². The number of hydrogen-bond donors (Lipinski definition) is 2. The van der Waals surface area contributed by atoms with Gasteiger partial charge in [0.1, 0.15) is 0 Å². The molecule has 1 aromatic carbocycles. The van der Waals surface area contributed by atoms with E-state index in [2.05, 4.69) is 55.3 Å². The fourth-order valence-corrected chi connectivity index (χ4v) is 2.80. The number of thiocarbonyl (C=S) groups is 1. The van der Waals surface area contributed by atoms with Crippen molar-refractivity contribution in [3.8, 4) is 0 Å². The molecule has 1 rings (SSSR count). The molecule has 0 aliphatic rings. The summed E-state index contributed by atoms with van der Waals surface area (Å²) in [6.45, 7) is 9.58. The zero-order valence-electron chi connectivity index (χ0n) is 12.9. The topological polar surface area (TPSA) is 41.3 Å². The normalized spacial score (nSPS) is 14.0. The molecule has 4 heteroatoms. The van der Waals surface area contributed by atoms with Crippen LogP contribution < -0.4 is 11.1 Å². The molecule has 0 aliphatic heterocycles. The molecule has 0 spiro atoms. The molecule has 3 N–H and O–H groups in total. The van der Waals surface area contributed by atoms with Gasteiger partial charge in [-0.05, 0) is 43.7 Å². The predicted octanol–water partition coefficient (Wildman–Crippen LogP) is 2.55. The van der Waals surface area contributed by atoms with Gasteiger partial charge in [0, 0.05) is 6.54 Å². The van der Waals surface area contributed by atoms with Crippen molar-refractivity contribution >= 4 is 17.3 Å². The molecule has 1 atom stereocenters. The monoisotopic (exact) mass is 293 g/mol. The molecule has 20 heavy (non-hydrogen) atoms. The number of nitrogens with zero attached hydrogens (tertiary/aromatic N) is 1. The molecule has 0 fully saturated rings. The Labute approximate surface area is 128 Å². The summed E-state index contributed by atoms with van der Waals surface area (Å²) in [5, 5.41) is 3.74. The SMILES string of the molecule is CCN(CC)CC(CC)(Cc1ccccc1)NC(N)=S. The largest absolute Gasteiger partial charge is 0.376 e.